The summed E-state index contributed by atoms with van der Waals surface area (Å²) in [4.78, 5) is 2.83. The van der Waals surface area contributed by atoms with Gasteiger partial charge in [-0.2, -0.15) is 0 Å². The fraction of sp³-hybridized carbons (Fsp3) is 0.900. The van der Waals surface area contributed by atoms with Crippen LogP contribution in [0.1, 0.15) is 13.3 Å². The first kappa shape index (κ1) is 14.8. The molecule has 0 spiro atoms. The Bertz CT molecular complexity index is 171. The second-order valence-electron chi connectivity index (χ2n) is 3.54. The van der Waals surface area contributed by atoms with E-state index in [4.69, 9.17) is 27.4 Å². The van der Waals surface area contributed by atoms with E-state index in [1.807, 2.05) is 0 Å². The number of nitrogens with two attached hydrogens (primary N) is 1. The first-order chi connectivity index (χ1) is 7.11. The number of rotatable bonds is 9. The van der Waals surface area contributed by atoms with Crippen LogP contribution in [0, 0.1) is 0 Å². The van der Waals surface area contributed by atoms with Gasteiger partial charge in [-0.15, -0.1) is 0 Å². The van der Waals surface area contributed by atoms with Gasteiger partial charge in [0.2, 0.25) is 0 Å². The summed E-state index contributed by atoms with van der Waals surface area (Å²) in [5, 5.41) is 0. The lowest BCUT2D eigenvalue weighted by Crippen LogP contribution is -2.40. The lowest BCUT2D eigenvalue weighted by Gasteiger charge is -2.28. The van der Waals surface area contributed by atoms with Gasteiger partial charge in [0.15, 0.2) is 0 Å². The monoisotopic (exact) mass is 234 g/mol. The number of hydrogen-bond acceptors (Lipinski definition) is 4. The topological polar surface area (TPSA) is 47.7 Å². The molecule has 90 valence electrons. The molecule has 0 aromatic heterocycles. The molecule has 0 aliphatic rings. The molecule has 1 atom stereocenters. The quantitative estimate of drug-likeness (QED) is 0.593. The van der Waals surface area contributed by atoms with Crippen molar-refractivity contribution in [2.24, 2.45) is 5.73 Å². The Labute approximate surface area is 97.7 Å². The Morgan fingerprint density at radius 1 is 1.27 bits per heavy atom. The molecule has 0 saturated heterocycles. The third-order valence-corrected chi connectivity index (χ3v) is 2.45. The summed E-state index contributed by atoms with van der Waals surface area (Å²) in [7, 11) is 3.40. The zero-order valence-corrected chi connectivity index (χ0v) is 10.7. The van der Waals surface area contributed by atoms with Crippen molar-refractivity contribution >= 4 is 17.2 Å². The first-order valence-electron chi connectivity index (χ1n) is 5.12. The van der Waals surface area contributed by atoms with Crippen molar-refractivity contribution in [3.8, 4) is 0 Å². The molecule has 0 amide bonds. The molecule has 0 rings (SSSR count). The summed E-state index contributed by atoms with van der Waals surface area (Å²) >= 11 is 4.90. The van der Waals surface area contributed by atoms with Crippen LogP contribution in [0.5, 0.6) is 0 Å². The zero-order valence-electron chi connectivity index (χ0n) is 9.86. The molecule has 2 N–H and O–H groups in total. The van der Waals surface area contributed by atoms with E-state index in [2.05, 4.69) is 11.8 Å². The molecule has 5 heteroatoms. The Balaban J connectivity index is 4.00. The molecule has 0 aliphatic heterocycles. The summed E-state index contributed by atoms with van der Waals surface area (Å²) in [5.41, 5.74) is 5.53. The molecule has 0 aromatic rings. The van der Waals surface area contributed by atoms with Crippen molar-refractivity contribution in [2.75, 3.05) is 40.5 Å². The van der Waals surface area contributed by atoms with E-state index < -0.39 is 0 Å². The fourth-order valence-electron chi connectivity index (χ4n) is 1.39. The standard InChI is InChI=1S/C10H22N2O2S/c1-9(8-10(11)15)12(4-6-13-2)5-7-14-3/h9H,4-8H2,1-3H3,(H2,11,15). The maximum Gasteiger partial charge on any atom is 0.0742 e. The van der Waals surface area contributed by atoms with Gasteiger partial charge in [0.1, 0.15) is 0 Å². The number of hydrogen-bond donors (Lipinski definition) is 1. The maximum absolute atomic E-state index is 5.53. The van der Waals surface area contributed by atoms with Crippen LogP contribution in [0.2, 0.25) is 0 Å². The minimum absolute atomic E-state index is 0.341. The van der Waals surface area contributed by atoms with Crippen molar-refractivity contribution in [3.63, 3.8) is 0 Å². The summed E-state index contributed by atoms with van der Waals surface area (Å²) in [6.07, 6.45) is 0.739. The van der Waals surface area contributed by atoms with Crippen molar-refractivity contribution in [1.29, 1.82) is 0 Å². The molecule has 0 fully saturated rings. The minimum Gasteiger partial charge on any atom is -0.393 e. The zero-order chi connectivity index (χ0) is 11.7. The van der Waals surface area contributed by atoms with Gasteiger partial charge in [-0.3, -0.25) is 4.90 Å². The van der Waals surface area contributed by atoms with E-state index in [0.29, 0.717) is 24.2 Å². The number of ether oxygens (including phenoxy) is 2. The van der Waals surface area contributed by atoms with Crippen LogP contribution in [-0.2, 0) is 9.47 Å². The minimum atomic E-state index is 0.341. The normalized spacial score (nSPS) is 13.1. The van der Waals surface area contributed by atoms with Crippen LogP contribution >= 0.6 is 12.2 Å². The van der Waals surface area contributed by atoms with Gasteiger partial charge in [-0.1, -0.05) is 12.2 Å². The molecule has 4 nitrogen and oxygen atoms in total. The number of thiocarbonyl (C=S) groups is 1. The Hall–Kier alpha value is -0.230. The van der Waals surface area contributed by atoms with E-state index in [0.717, 1.165) is 19.5 Å². The van der Waals surface area contributed by atoms with Crippen LogP contribution in [0.15, 0.2) is 0 Å². The van der Waals surface area contributed by atoms with Crippen molar-refractivity contribution in [3.05, 3.63) is 0 Å². The van der Waals surface area contributed by atoms with Gasteiger partial charge in [0, 0.05) is 39.8 Å². The van der Waals surface area contributed by atoms with Crippen molar-refractivity contribution in [1.82, 2.24) is 4.90 Å². The lowest BCUT2D eigenvalue weighted by atomic mass is 10.2. The SMILES string of the molecule is COCCN(CCOC)C(C)CC(N)=S. The third-order valence-electron chi connectivity index (χ3n) is 2.29. The second kappa shape index (κ2) is 9.03. The Morgan fingerprint density at radius 3 is 2.07 bits per heavy atom. The Morgan fingerprint density at radius 2 is 1.73 bits per heavy atom. The Kier molecular flexibility index (Phi) is 8.89. The van der Waals surface area contributed by atoms with E-state index in [1.54, 1.807) is 14.2 Å². The summed E-state index contributed by atoms with van der Waals surface area (Å²) in [6.45, 7) is 5.30. The van der Waals surface area contributed by atoms with Crippen LogP contribution in [0.3, 0.4) is 0 Å². The molecule has 0 heterocycles. The molecular weight excluding hydrogens is 212 g/mol. The van der Waals surface area contributed by atoms with Gasteiger partial charge in [0.05, 0.1) is 18.2 Å². The number of methoxy groups -OCH3 is 2. The summed E-state index contributed by atoms with van der Waals surface area (Å²) in [5.74, 6) is 0. The number of nitrogens with zero attached hydrogens (tertiary/aromatic N) is 1. The maximum atomic E-state index is 5.53. The summed E-state index contributed by atoms with van der Waals surface area (Å²) < 4.78 is 10.1. The van der Waals surface area contributed by atoms with Crippen LogP contribution in [-0.4, -0.2) is 56.5 Å². The molecule has 0 aliphatic carbocycles. The third kappa shape index (κ3) is 7.67. The highest BCUT2D eigenvalue weighted by molar-refractivity contribution is 7.80. The van der Waals surface area contributed by atoms with Crippen LogP contribution in [0.4, 0.5) is 0 Å². The van der Waals surface area contributed by atoms with E-state index >= 15 is 0 Å². The molecule has 0 saturated carbocycles. The highest BCUT2D eigenvalue weighted by atomic mass is 32.1. The molecule has 1 unspecified atom stereocenters. The molecule has 0 aromatic carbocycles. The van der Waals surface area contributed by atoms with Gasteiger partial charge in [-0.05, 0) is 6.92 Å². The molecule has 0 bridgehead atoms. The van der Waals surface area contributed by atoms with Crippen molar-refractivity contribution < 1.29 is 9.47 Å². The van der Waals surface area contributed by atoms with Crippen LogP contribution in [0.25, 0.3) is 0 Å². The first-order valence-corrected chi connectivity index (χ1v) is 5.52. The lowest BCUT2D eigenvalue weighted by molar-refractivity contribution is 0.0938. The average molecular weight is 234 g/mol. The highest BCUT2D eigenvalue weighted by Crippen LogP contribution is 2.03. The van der Waals surface area contributed by atoms with Gasteiger partial charge >= 0.3 is 0 Å². The largest absolute Gasteiger partial charge is 0.393 e. The molecule has 0 radical (unpaired) electrons. The van der Waals surface area contributed by atoms with Gasteiger partial charge in [-0.25, -0.2) is 0 Å². The predicted octanol–water partition coefficient (Wildman–Crippen LogP) is 0.646. The highest BCUT2D eigenvalue weighted by Gasteiger charge is 2.13. The predicted molar refractivity (Wildman–Crippen MR) is 66.2 cm³/mol. The molecular formula is C10H22N2O2S. The van der Waals surface area contributed by atoms with Gasteiger partial charge in [0.25, 0.3) is 0 Å². The van der Waals surface area contributed by atoms with E-state index in [9.17, 15) is 0 Å². The summed E-state index contributed by atoms with van der Waals surface area (Å²) in [6, 6.07) is 0.341. The second-order valence-corrected chi connectivity index (χ2v) is 4.07. The van der Waals surface area contributed by atoms with Crippen molar-refractivity contribution in [2.45, 2.75) is 19.4 Å². The molecule has 15 heavy (non-hydrogen) atoms. The van der Waals surface area contributed by atoms with Gasteiger partial charge < -0.3 is 15.2 Å². The van der Waals surface area contributed by atoms with E-state index in [1.165, 1.54) is 0 Å². The van der Waals surface area contributed by atoms with E-state index in [-0.39, 0.29) is 0 Å². The average Bonchev–Trinajstić information content (AvgIpc) is 2.17. The van der Waals surface area contributed by atoms with Crippen LogP contribution < -0.4 is 5.73 Å². The fourth-order valence-corrected chi connectivity index (χ4v) is 1.63. The smallest absolute Gasteiger partial charge is 0.0742 e.